The molecule has 0 aliphatic carbocycles. The molecule has 0 aliphatic heterocycles. The Kier molecular flexibility index (Phi) is 6.98. The number of benzene rings is 2. The lowest BCUT2D eigenvalue weighted by Gasteiger charge is -2.21. The van der Waals surface area contributed by atoms with Crippen LogP contribution in [0, 0.1) is 0 Å². The van der Waals surface area contributed by atoms with Gasteiger partial charge < -0.3 is 15.8 Å². The molecular weight excluding hydrogens is 404 g/mol. The molecule has 4 N–H and O–H groups in total. The molecule has 0 saturated heterocycles. The Hall–Kier alpha value is -3.61. The fourth-order valence-corrected chi connectivity index (χ4v) is 3.54. The van der Waals surface area contributed by atoms with Crippen molar-refractivity contribution in [3.8, 4) is 5.75 Å². The number of ketones is 1. The average molecular weight is 435 g/mol. The number of hydrogen-bond acceptors (Lipinski definition) is 5. The lowest BCUT2D eigenvalue weighted by Crippen LogP contribution is -2.14. The van der Waals surface area contributed by atoms with Crippen LogP contribution in [0.3, 0.4) is 0 Å². The Morgan fingerprint density at radius 1 is 1.09 bits per heavy atom. The van der Waals surface area contributed by atoms with E-state index in [0.29, 0.717) is 25.1 Å². The van der Waals surface area contributed by atoms with E-state index in [1.807, 2.05) is 36.4 Å². The first-order valence-corrected chi connectivity index (χ1v) is 10.5. The summed E-state index contributed by atoms with van der Waals surface area (Å²) in [6.45, 7) is 6.92. The van der Waals surface area contributed by atoms with E-state index >= 15 is 0 Å². The van der Waals surface area contributed by atoms with Gasteiger partial charge in [-0.25, -0.2) is 0 Å². The monoisotopic (exact) mass is 434 g/mol. The Morgan fingerprint density at radius 2 is 1.84 bits per heavy atom. The molecule has 7 nitrogen and oxygen atoms in total. The van der Waals surface area contributed by atoms with Gasteiger partial charge in [-0.15, -0.1) is 0 Å². The lowest BCUT2D eigenvalue weighted by atomic mass is 9.85. The van der Waals surface area contributed by atoms with Gasteiger partial charge in [-0.3, -0.25) is 14.7 Å². The summed E-state index contributed by atoms with van der Waals surface area (Å²) < 4.78 is 5.48. The zero-order valence-electron chi connectivity index (χ0n) is 19.0. The maximum Gasteiger partial charge on any atom is 0.268 e. The molecule has 0 radical (unpaired) electrons. The van der Waals surface area contributed by atoms with E-state index in [9.17, 15) is 9.59 Å². The van der Waals surface area contributed by atoms with E-state index < -0.39 is 5.91 Å². The van der Waals surface area contributed by atoms with Crippen molar-refractivity contribution in [2.45, 2.75) is 45.6 Å². The molecule has 3 aromatic rings. The van der Waals surface area contributed by atoms with Crippen LogP contribution in [0.1, 0.15) is 53.5 Å². The van der Waals surface area contributed by atoms with Gasteiger partial charge in [0.1, 0.15) is 17.2 Å². The summed E-state index contributed by atoms with van der Waals surface area (Å²) in [6, 6.07) is 13.9. The number of methoxy groups -OCH3 is 1. The van der Waals surface area contributed by atoms with Gasteiger partial charge in [0.25, 0.3) is 5.91 Å². The largest absolute Gasteiger partial charge is 0.496 e. The number of carbonyl (C=O) groups excluding carboxylic acids is 2. The number of anilines is 1. The summed E-state index contributed by atoms with van der Waals surface area (Å²) in [6.07, 6.45) is 2.16. The fourth-order valence-electron chi connectivity index (χ4n) is 3.54. The summed E-state index contributed by atoms with van der Waals surface area (Å²) >= 11 is 0. The minimum Gasteiger partial charge on any atom is -0.496 e. The van der Waals surface area contributed by atoms with Crippen molar-refractivity contribution in [1.29, 1.82) is 0 Å². The number of hydrogen-bond donors (Lipinski definition) is 3. The molecule has 0 spiro atoms. The van der Waals surface area contributed by atoms with Crippen LogP contribution in [0.2, 0.25) is 0 Å². The number of rotatable bonds is 9. The van der Waals surface area contributed by atoms with E-state index in [1.165, 1.54) is 11.8 Å². The molecule has 0 aliphatic rings. The Balaban J connectivity index is 1.67. The van der Waals surface area contributed by atoms with E-state index in [0.717, 1.165) is 22.4 Å². The summed E-state index contributed by atoms with van der Waals surface area (Å²) in [5.41, 5.74) is 10.1. The standard InChI is InChI=1S/C25H30N4O3/c1-25(2,3)19-8-9-22(32-4)18(12-19)13-20(30)11-16-6-5-7-17(10-16)14-27-21-15-28-29-23(21)24(26)31/h5-10,12,15,27H,11,13-14H2,1-4H3,(H2,26,31)(H,28,29). The van der Waals surface area contributed by atoms with Crippen molar-refractivity contribution in [3.05, 3.63) is 76.6 Å². The van der Waals surface area contributed by atoms with Crippen molar-refractivity contribution in [1.82, 2.24) is 10.2 Å². The van der Waals surface area contributed by atoms with Gasteiger partial charge >= 0.3 is 0 Å². The molecule has 0 atom stereocenters. The smallest absolute Gasteiger partial charge is 0.268 e. The normalized spacial score (nSPS) is 11.2. The number of nitrogens with two attached hydrogens (primary N) is 1. The van der Waals surface area contributed by atoms with E-state index in [-0.39, 0.29) is 16.9 Å². The number of amides is 1. The molecule has 0 bridgehead atoms. The number of ether oxygens (including phenoxy) is 1. The van der Waals surface area contributed by atoms with Crippen LogP contribution in [-0.2, 0) is 29.6 Å². The second-order valence-corrected chi connectivity index (χ2v) is 8.87. The fraction of sp³-hybridized carbons (Fsp3) is 0.320. The molecule has 3 rings (SSSR count). The number of primary amides is 1. The number of aromatic nitrogens is 2. The highest BCUT2D eigenvalue weighted by molar-refractivity contribution is 5.96. The van der Waals surface area contributed by atoms with E-state index in [4.69, 9.17) is 10.5 Å². The van der Waals surface area contributed by atoms with Crippen molar-refractivity contribution >= 4 is 17.4 Å². The molecule has 1 heterocycles. The second kappa shape index (κ2) is 9.68. The van der Waals surface area contributed by atoms with Crippen LogP contribution >= 0.6 is 0 Å². The van der Waals surface area contributed by atoms with Crippen LogP contribution in [0.5, 0.6) is 5.75 Å². The van der Waals surface area contributed by atoms with Gasteiger partial charge in [-0.05, 0) is 28.2 Å². The van der Waals surface area contributed by atoms with Gasteiger partial charge in [0.05, 0.1) is 19.0 Å². The van der Waals surface area contributed by atoms with Crippen LogP contribution < -0.4 is 15.8 Å². The summed E-state index contributed by atoms with van der Waals surface area (Å²) in [5, 5.41) is 9.58. The molecule has 0 fully saturated rings. The van der Waals surface area contributed by atoms with Crippen LogP contribution in [0.25, 0.3) is 0 Å². The molecule has 0 unspecified atom stereocenters. The van der Waals surface area contributed by atoms with Crippen LogP contribution in [0.15, 0.2) is 48.7 Å². The Morgan fingerprint density at radius 3 is 2.53 bits per heavy atom. The number of carbonyl (C=O) groups is 2. The third-order valence-electron chi connectivity index (χ3n) is 5.30. The predicted molar refractivity (Wildman–Crippen MR) is 125 cm³/mol. The minimum atomic E-state index is -0.574. The first-order chi connectivity index (χ1) is 15.2. The van der Waals surface area contributed by atoms with Gasteiger partial charge in [0.2, 0.25) is 0 Å². The quantitative estimate of drug-likeness (QED) is 0.475. The molecule has 168 valence electrons. The molecule has 0 saturated carbocycles. The van der Waals surface area contributed by atoms with Gasteiger partial charge in [0.15, 0.2) is 0 Å². The highest BCUT2D eigenvalue weighted by Crippen LogP contribution is 2.28. The Bertz CT molecular complexity index is 1110. The highest BCUT2D eigenvalue weighted by atomic mass is 16.5. The molecular formula is C25H30N4O3. The number of Topliss-reactive ketones (excluding diaryl/α,β-unsaturated/α-hetero) is 1. The number of H-pyrrole nitrogens is 1. The summed E-state index contributed by atoms with van der Waals surface area (Å²) in [5.74, 6) is 0.273. The van der Waals surface area contributed by atoms with Gasteiger partial charge in [-0.1, -0.05) is 57.2 Å². The molecule has 7 heteroatoms. The number of aromatic amines is 1. The van der Waals surface area contributed by atoms with Crippen LogP contribution in [0.4, 0.5) is 5.69 Å². The van der Waals surface area contributed by atoms with Crippen molar-refractivity contribution in [2.75, 3.05) is 12.4 Å². The zero-order chi connectivity index (χ0) is 23.3. The minimum absolute atomic E-state index is 0.00519. The molecule has 1 aromatic heterocycles. The van der Waals surface area contributed by atoms with Crippen molar-refractivity contribution in [3.63, 3.8) is 0 Å². The molecule has 32 heavy (non-hydrogen) atoms. The molecule has 2 aromatic carbocycles. The maximum atomic E-state index is 12.9. The average Bonchev–Trinajstić information content (AvgIpc) is 3.21. The number of nitrogens with zero attached hydrogens (tertiary/aromatic N) is 1. The first kappa shape index (κ1) is 23.1. The Labute approximate surface area is 188 Å². The lowest BCUT2D eigenvalue weighted by molar-refractivity contribution is -0.117. The van der Waals surface area contributed by atoms with Crippen LogP contribution in [-0.4, -0.2) is 29.0 Å². The highest BCUT2D eigenvalue weighted by Gasteiger charge is 2.17. The maximum absolute atomic E-state index is 12.9. The zero-order valence-corrected chi connectivity index (χ0v) is 19.0. The summed E-state index contributed by atoms with van der Waals surface area (Å²) in [4.78, 5) is 24.3. The van der Waals surface area contributed by atoms with Crippen molar-refractivity contribution < 1.29 is 14.3 Å². The topological polar surface area (TPSA) is 110 Å². The first-order valence-electron chi connectivity index (χ1n) is 10.5. The van der Waals surface area contributed by atoms with Gasteiger partial charge in [-0.2, -0.15) is 5.10 Å². The number of nitrogens with one attached hydrogen (secondary N) is 2. The van der Waals surface area contributed by atoms with Gasteiger partial charge in [0, 0.05) is 24.9 Å². The summed E-state index contributed by atoms with van der Waals surface area (Å²) in [7, 11) is 1.63. The SMILES string of the molecule is COc1ccc(C(C)(C)C)cc1CC(=O)Cc1cccc(CNc2cn[nH]c2C(N)=O)c1. The van der Waals surface area contributed by atoms with E-state index in [1.54, 1.807) is 7.11 Å². The predicted octanol–water partition coefficient (Wildman–Crippen LogP) is 3.78. The second-order valence-electron chi connectivity index (χ2n) is 8.87. The third kappa shape index (κ3) is 5.75. The molecule has 1 amide bonds. The third-order valence-corrected chi connectivity index (χ3v) is 5.30. The van der Waals surface area contributed by atoms with E-state index in [2.05, 4.69) is 42.4 Å². The van der Waals surface area contributed by atoms with Crippen molar-refractivity contribution in [2.24, 2.45) is 5.73 Å².